The van der Waals surface area contributed by atoms with Gasteiger partial charge in [-0.1, -0.05) is 0 Å². The van der Waals surface area contributed by atoms with Crippen LogP contribution in [-0.2, 0) is 9.63 Å². The summed E-state index contributed by atoms with van der Waals surface area (Å²) in [4.78, 5) is 25.0. The van der Waals surface area contributed by atoms with E-state index in [4.69, 9.17) is 9.84 Å². The van der Waals surface area contributed by atoms with Crippen molar-refractivity contribution in [2.24, 2.45) is 0 Å². The van der Waals surface area contributed by atoms with E-state index >= 15 is 0 Å². The molecule has 1 rings (SSSR count). The predicted octanol–water partition coefficient (Wildman–Crippen LogP) is 1.42. The molecule has 8 heteroatoms. The minimum atomic E-state index is -1.13. The third-order valence-corrected chi connectivity index (χ3v) is 1.84. The minimum absolute atomic E-state index is 0.0893. The number of nitrogens with one attached hydrogen (secondary N) is 1. The van der Waals surface area contributed by atoms with E-state index < -0.39 is 17.5 Å². The van der Waals surface area contributed by atoms with E-state index in [0.717, 1.165) is 0 Å². The van der Waals surface area contributed by atoms with E-state index in [-0.39, 0.29) is 18.0 Å². The summed E-state index contributed by atoms with van der Waals surface area (Å²) in [6.45, 7) is 1.45. The number of nitro groups is 1. The van der Waals surface area contributed by atoms with Gasteiger partial charge in [0, 0.05) is 12.1 Å². The lowest BCUT2D eigenvalue weighted by Gasteiger charge is -2.08. The summed E-state index contributed by atoms with van der Waals surface area (Å²) in [5.41, 5.74) is 2.56. The first-order chi connectivity index (χ1) is 8.54. The standard InChI is InChI=1S/C10H12N2O6/c1-2-17-9-5-7(11-18-6-10(13)14)3-4-8(9)12(15)16/h3-5,11H,2,6H2,1H3,(H,13,14). The van der Waals surface area contributed by atoms with Crippen LogP contribution in [0.15, 0.2) is 18.2 Å². The van der Waals surface area contributed by atoms with Crippen LogP contribution in [0.2, 0.25) is 0 Å². The average Bonchev–Trinajstić information content (AvgIpc) is 2.29. The van der Waals surface area contributed by atoms with E-state index in [1.54, 1.807) is 6.92 Å². The van der Waals surface area contributed by atoms with Crippen molar-refractivity contribution in [2.75, 3.05) is 18.7 Å². The van der Waals surface area contributed by atoms with Crippen molar-refractivity contribution in [1.29, 1.82) is 0 Å². The first-order valence-electron chi connectivity index (χ1n) is 5.05. The molecule has 0 amide bonds. The molecule has 98 valence electrons. The molecule has 0 heterocycles. The average molecular weight is 256 g/mol. The molecule has 0 aliphatic heterocycles. The fourth-order valence-electron chi connectivity index (χ4n) is 1.18. The number of carbonyl (C=O) groups is 1. The first kappa shape index (κ1) is 13.7. The Morgan fingerprint density at radius 1 is 1.56 bits per heavy atom. The van der Waals surface area contributed by atoms with E-state index in [1.807, 2.05) is 0 Å². The normalized spacial score (nSPS) is 9.83. The molecule has 8 nitrogen and oxygen atoms in total. The first-order valence-corrected chi connectivity index (χ1v) is 5.05. The Labute approximate surface area is 102 Å². The zero-order valence-electron chi connectivity index (χ0n) is 9.58. The quantitative estimate of drug-likeness (QED) is 0.560. The molecule has 0 aliphatic rings. The summed E-state index contributed by atoms with van der Waals surface area (Å²) in [7, 11) is 0. The lowest BCUT2D eigenvalue weighted by molar-refractivity contribution is -0.385. The molecular weight excluding hydrogens is 244 g/mol. The van der Waals surface area contributed by atoms with Crippen molar-refractivity contribution < 1.29 is 24.4 Å². The van der Waals surface area contributed by atoms with Gasteiger partial charge >= 0.3 is 11.7 Å². The minimum Gasteiger partial charge on any atom is -0.487 e. The summed E-state index contributed by atoms with van der Waals surface area (Å²) >= 11 is 0. The number of nitrogens with zero attached hydrogens (tertiary/aromatic N) is 1. The molecule has 0 aromatic heterocycles. The van der Waals surface area contributed by atoms with Crippen LogP contribution in [0.1, 0.15) is 6.92 Å². The number of carboxylic acid groups (broad SMARTS) is 1. The third kappa shape index (κ3) is 3.91. The van der Waals surface area contributed by atoms with Gasteiger partial charge in [0.25, 0.3) is 0 Å². The van der Waals surface area contributed by atoms with Crippen molar-refractivity contribution in [1.82, 2.24) is 0 Å². The van der Waals surface area contributed by atoms with Crippen LogP contribution in [0.3, 0.4) is 0 Å². The molecule has 0 atom stereocenters. The fraction of sp³-hybridized carbons (Fsp3) is 0.300. The Kier molecular flexibility index (Phi) is 4.88. The van der Waals surface area contributed by atoms with Crippen LogP contribution in [0.25, 0.3) is 0 Å². The van der Waals surface area contributed by atoms with Crippen molar-refractivity contribution in [2.45, 2.75) is 6.92 Å². The van der Waals surface area contributed by atoms with E-state index in [2.05, 4.69) is 10.3 Å². The van der Waals surface area contributed by atoms with Crippen molar-refractivity contribution in [3.63, 3.8) is 0 Å². The number of hydrogen-bond donors (Lipinski definition) is 2. The van der Waals surface area contributed by atoms with Gasteiger partial charge in [0.1, 0.15) is 0 Å². The fourth-order valence-corrected chi connectivity index (χ4v) is 1.18. The number of carboxylic acids is 1. The number of ether oxygens (including phenoxy) is 1. The van der Waals surface area contributed by atoms with Crippen LogP contribution in [0.4, 0.5) is 11.4 Å². The molecule has 0 aliphatic carbocycles. The second kappa shape index (κ2) is 6.40. The van der Waals surface area contributed by atoms with Gasteiger partial charge in [-0.15, -0.1) is 0 Å². The smallest absolute Gasteiger partial charge is 0.332 e. The molecule has 0 saturated carbocycles. The van der Waals surface area contributed by atoms with Gasteiger partial charge in [0.15, 0.2) is 12.4 Å². The lowest BCUT2D eigenvalue weighted by Crippen LogP contribution is -2.11. The van der Waals surface area contributed by atoms with E-state index in [1.165, 1.54) is 18.2 Å². The number of anilines is 1. The molecule has 2 N–H and O–H groups in total. The molecule has 0 saturated heterocycles. The summed E-state index contributed by atoms with van der Waals surface area (Å²) in [6, 6.07) is 4.00. The van der Waals surface area contributed by atoms with Gasteiger partial charge in [-0.2, -0.15) is 0 Å². The topological polar surface area (TPSA) is 111 Å². The Balaban J connectivity index is 2.79. The maximum atomic E-state index is 10.7. The maximum absolute atomic E-state index is 10.7. The van der Waals surface area contributed by atoms with Gasteiger partial charge < -0.3 is 9.84 Å². The monoisotopic (exact) mass is 256 g/mol. The highest BCUT2D eigenvalue weighted by molar-refractivity contribution is 5.68. The lowest BCUT2D eigenvalue weighted by atomic mass is 10.2. The number of benzene rings is 1. The molecule has 18 heavy (non-hydrogen) atoms. The number of nitro benzene ring substituents is 1. The molecule has 0 radical (unpaired) electrons. The van der Waals surface area contributed by atoms with Crippen LogP contribution >= 0.6 is 0 Å². The molecule has 1 aromatic rings. The Bertz CT molecular complexity index is 448. The van der Waals surface area contributed by atoms with Crippen LogP contribution in [0, 0.1) is 10.1 Å². The summed E-state index contributed by atoms with van der Waals surface area (Å²) in [5.74, 6) is -1.04. The van der Waals surface area contributed by atoms with E-state index in [9.17, 15) is 14.9 Å². The Morgan fingerprint density at radius 2 is 2.28 bits per heavy atom. The molecule has 1 aromatic carbocycles. The molecule has 0 fully saturated rings. The van der Waals surface area contributed by atoms with Crippen molar-refractivity contribution >= 4 is 17.3 Å². The SMILES string of the molecule is CCOc1cc(NOCC(=O)O)ccc1[N+](=O)[O-]. The van der Waals surface area contributed by atoms with E-state index in [0.29, 0.717) is 5.69 Å². The summed E-state index contributed by atoms with van der Waals surface area (Å²) in [6.07, 6.45) is 0. The molecule has 0 spiro atoms. The maximum Gasteiger partial charge on any atom is 0.332 e. The van der Waals surface area contributed by atoms with Crippen molar-refractivity contribution in [3.05, 3.63) is 28.3 Å². The van der Waals surface area contributed by atoms with Gasteiger partial charge in [0.05, 0.1) is 17.2 Å². The molecular formula is C10H12N2O6. The van der Waals surface area contributed by atoms with Crippen LogP contribution in [0.5, 0.6) is 5.75 Å². The number of hydrogen-bond acceptors (Lipinski definition) is 6. The Morgan fingerprint density at radius 3 is 2.83 bits per heavy atom. The predicted molar refractivity (Wildman–Crippen MR) is 61.5 cm³/mol. The number of rotatable bonds is 7. The zero-order valence-corrected chi connectivity index (χ0v) is 9.58. The van der Waals surface area contributed by atoms with Crippen LogP contribution in [-0.4, -0.2) is 29.2 Å². The largest absolute Gasteiger partial charge is 0.487 e. The highest BCUT2D eigenvalue weighted by atomic mass is 16.7. The van der Waals surface area contributed by atoms with Crippen molar-refractivity contribution in [3.8, 4) is 5.75 Å². The van der Waals surface area contributed by atoms with Gasteiger partial charge in [-0.05, 0) is 13.0 Å². The Hall–Kier alpha value is -2.35. The van der Waals surface area contributed by atoms with Gasteiger partial charge in [-0.25, -0.2) is 4.79 Å². The zero-order chi connectivity index (χ0) is 13.5. The van der Waals surface area contributed by atoms with Gasteiger partial charge in [0.2, 0.25) is 0 Å². The highest BCUT2D eigenvalue weighted by Crippen LogP contribution is 2.29. The second-order valence-corrected chi connectivity index (χ2v) is 3.16. The van der Waals surface area contributed by atoms with Crippen LogP contribution < -0.4 is 10.2 Å². The summed E-state index contributed by atoms with van der Waals surface area (Å²) in [5, 5.41) is 19.1. The summed E-state index contributed by atoms with van der Waals surface area (Å²) < 4.78 is 5.11. The third-order valence-electron chi connectivity index (χ3n) is 1.84. The number of aliphatic carboxylic acids is 1. The molecule has 0 unspecified atom stereocenters. The second-order valence-electron chi connectivity index (χ2n) is 3.16. The molecule has 0 bridgehead atoms. The highest BCUT2D eigenvalue weighted by Gasteiger charge is 2.15. The van der Waals surface area contributed by atoms with Gasteiger partial charge in [-0.3, -0.25) is 20.4 Å².